The lowest BCUT2D eigenvalue weighted by molar-refractivity contribution is -0.129. The maximum Gasteiger partial charge on any atom is 0.223 e. The summed E-state index contributed by atoms with van der Waals surface area (Å²) in [6.07, 6.45) is 9.86. The summed E-state index contributed by atoms with van der Waals surface area (Å²) < 4.78 is 10.9. The normalized spacial score (nSPS) is 18.6. The number of nitrogens with one attached hydrogen (secondary N) is 1. The van der Waals surface area contributed by atoms with Gasteiger partial charge in [-0.05, 0) is 86.7 Å². The van der Waals surface area contributed by atoms with Crippen LogP contribution in [-0.2, 0) is 23.9 Å². The Morgan fingerprint density at radius 1 is 1.10 bits per heavy atom. The number of allylic oxidation sites excluding steroid dienone is 3. The van der Waals surface area contributed by atoms with Gasteiger partial charge in [0.1, 0.15) is 11.5 Å². The summed E-state index contributed by atoms with van der Waals surface area (Å²) in [6.45, 7) is 14.1. The van der Waals surface area contributed by atoms with E-state index in [-0.39, 0.29) is 42.3 Å². The molecule has 8 nitrogen and oxygen atoms in total. The first kappa shape index (κ1) is 37.8. The van der Waals surface area contributed by atoms with Gasteiger partial charge in [0.15, 0.2) is 0 Å². The van der Waals surface area contributed by atoms with Gasteiger partial charge >= 0.3 is 0 Å². The van der Waals surface area contributed by atoms with Crippen molar-refractivity contribution in [2.24, 2.45) is 40.7 Å². The van der Waals surface area contributed by atoms with Crippen molar-refractivity contribution in [1.82, 2.24) is 5.32 Å². The summed E-state index contributed by atoms with van der Waals surface area (Å²) in [7, 11) is 3.45. The van der Waals surface area contributed by atoms with E-state index in [0.717, 1.165) is 44.5 Å². The van der Waals surface area contributed by atoms with Gasteiger partial charge in [-0.2, -0.15) is 0 Å². The molecule has 0 saturated carbocycles. The van der Waals surface area contributed by atoms with Crippen LogP contribution in [0.2, 0.25) is 0 Å². The summed E-state index contributed by atoms with van der Waals surface area (Å²) in [5, 5.41) is 14.4. The molecule has 1 unspecified atom stereocenters. The van der Waals surface area contributed by atoms with E-state index in [1.54, 1.807) is 28.1 Å². The number of unbranched alkanes of at least 4 members (excludes halogenated alkanes) is 1. The number of Topliss-reactive ketones (excluding diaryl/α,β-unsaturated/α-hetero) is 1. The quantitative estimate of drug-likeness (QED) is 0.146. The number of methoxy groups -OCH3 is 2. The molecule has 5 atom stereocenters. The van der Waals surface area contributed by atoms with Gasteiger partial charge in [0.2, 0.25) is 11.8 Å². The van der Waals surface area contributed by atoms with Gasteiger partial charge in [0.25, 0.3) is 0 Å². The number of carbonyl (C=O) groups is 3. The summed E-state index contributed by atoms with van der Waals surface area (Å²) >= 11 is 0. The molecular weight excluding hydrogens is 532 g/mol. The van der Waals surface area contributed by atoms with Crippen molar-refractivity contribution in [3.63, 3.8) is 0 Å². The minimum atomic E-state index is -0.867. The predicted molar refractivity (Wildman–Crippen MR) is 168 cm³/mol. The third-order valence-corrected chi connectivity index (χ3v) is 9.01. The van der Waals surface area contributed by atoms with E-state index in [2.05, 4.69) is 31.3 Å². The fraction of sp³-hybridized carbons (Fsp3) is 0.794. The van der Waals surface area contributed by atoms with Crippen molar-refractivity contribution in [1.29, 1.82) is 0 Å². The van der Waals surface area contributed by atoms with Gasteiger partial charge in [-0.25, -0.2) is 0 Å². The lowest BCUT2D eigenvalue weighted by Crippen LogP contribution is -2.46. The van der Waals surface area contributed by atoms with E-state index >= 15 is 0 Å². The second kappa shape index (κ2) is 18.5. The smallest absolute Gasteiger partial charge is 0.223 e. The monoisotopic (exact) mass is 592 g/mol. The molecular formula is C34H60N2O6. The molecule has 0 heterocycles. The SMILES string of the molecule is COCCCCC1=C(OC)C=CC(C[C@@H](C[C@H](NC(C)=O)[C@@H](O)C[C@H](C(=O)CCC(C)(C)C(N)=O)C(C)C)C(C)C)C1. The highest BCUT2D eigenvalue weighted by Crippen LogP contribution is 2.36. The molecule has 0 aromatic rings. The van der Waals surface area contributed by atoms with Gasteiger partial charge in [0, 0.05) is 38.4 Å². The predicted octanol–water partition coefficient (Wildman–Crippen LogP) is 5.72. The fourth-order valence-electron chi connectivity index (χ4n) is 5.88. The maximum absolute atomic E-state index is 13.2. The van der Waals surface area contributed by atoms with E-state index < -0.39 is 23.5 Å². The Hall–Kier alpha value is -2.19. The molecule has 0 spiro atoms. The molecule has 2 amide bonds. The number of amides is 2. The lowest BCUT2D eigenvalue weighted by atomic mass is 9.76. The van der Waals surface area contributed by atoms with Crippen LogP contribution < -0.4 is 11.1 Å². The van der Waals surface area contributed by atoms with Crippen LogP contribution in [0.1, 0.15) is 106 Å². The fourth-order valence-corrected chi connectivity index (χ4v) is 5.88. The van der Waals surface area contributed by atoms with Crippen molar-refractivity contribution < 1.29 is 29.0 Å². The number of aliphatic hydroxyl groups is 1. The molecule has 4 N–H and O–H groups in total. The van der Waals surface area contributed by atoms with E-state index in [4.69, 9.17) is 15.2 Å². The first-order valence-electron chi connectivity index (χ1n) is 15.8. The second-order valence-electron chi connectivity index (χ2n) is 13.6. The Morgan fingerprint density at radius 3 is 2.29 bits per heavy atom. The molecule has 0 saturated heterocycles. The molecule has 0 aliphatic heterocycles. The van der Waals surface area contributed by atoms with Crippen molar-refractivity contribution in [2.45, 2.75) is 118 Å². The molecule has 0 bridgehead atoms. The maximum atomic E-state index is 13.2. The van der Waals surface area contributed by atoms with E-state index in [1.165, 1.54) is 12.5 Å². The zero-order valence-corrected chi connectivity index (χ0v) is 27.8. The zero-order chi connectivity index (χ0) is 32.0. The summed E-state index contributed by atoms with van der Waals surface area (Å²) in [6, 6.07) is -0.461. The highest BCUT2D eigenvalue weighted by molar-refractivity contribution is 5.84. The first-order valence-corrected chi connectivity index (χ1v) is 15.8. The van der Waals surface area contributed by atoms with Crippen molar-refractivity contribution in [3.8, 4) is 0 Å². The third-order valence-electron chi connectivity index (χ3n) is 9.01. The molecule has 0 fully saturated rings. The second-order valence-corrected chi connectivity index (χ2v) is 13.6. The molecule has 0 aromatic heterocycles. The van der Waals surface area contributed by atoms with Crippen LogP contribution in [0.15, 0.2) is 23.5 Å². The molecule has 1 aliphatic rings. The summed E-state index contributed by atoms with van der Waals surface area (Å²) in [4.78, 5) is 37.2. The largest absolute Gasteiger partial charge is 0.497 e. The molecule has 242 valence electrons. The Kier molecular flexibility index (Phi) is 16.6. The number of ether oxygens (including phenoxy) is 2. The van der Waals surface area contributed by atoms with Crippen LogP contribution in [0.25, 0.3) is 0 Å². The number of aliphatic hydroxyl groups excluding tert-OH is 1. The first-order chi connectivity index (χ1) is 19.6. The topological polar surface area (TPSA) is 128 Å². The van der Waals surface area contributed by atoms with Crippen LogP contribution in [0.3, 0.4) is 0 Å². The number of carbonyl (C=O) groups excluding carboxylic acids is 3. The minimum absolute atomic E-state index is 0.0131. The molecule has 0 aromatic carbocycles. The van der Waals surface area contributed by atoms with Gasteiger partial charge < -0.3 is 25.6 Å². The van der Waals surface area contributed by atoms with Crippen molar-refractivity contribution >= 4 is 17.6 Å². The van der Waals surface area contributed by atoms with E-state index in [1.807, 2.05) is 13.8 Å². The lowest BCUT2D eigenvalue weighted by Gasteiger charge is -2.34. The standard InChI is InChI=1S/C34H60N2O6/c1-22(2)27(19-25-13-14-32(42-9)26(18-25)12-10-11-17-41-8)20-29(36-24(5)37)31(39)21-28(23(3)4)30(38)15-16-34(6,7)33(35)40/h13-14,22-23,25,27-29,31,39H,10-12,15-21H2,1-9H3,(H2,35,40)(H,36,37)/t25?,27-,28-,29-,31-/m0/s1. The Labute approximate surface area is 255 Å². The summed E-state index contributed by atoms with van der Waals surface area (Å²) in [5.74, 6) is 0.945. The zero-order valence-electron chi connectivity index (χ0n) is 27.8. The van der Waals surface area contributed by atoms with Crippen LogP contribution in [0, 0.1) is 35.0 Å². The molecule has 8 heteroatoms. The van der Waals surface area contributed by atoms with E-state index in [0.29, 0.717) is 24.7 Å². The van der Waals surface area contributed by atoms with Crippen molar-refractivity contribution in [2.75, 3.05) is 20.8 Å². The van der Waals surface area contributed by atoms with Gasteiger partial charge in [-0.3, -0.25) is 14.4 Å². The van der Waals surface area contributed by atoms with Crippen LogP contribution in [0.5, 0.6) is 0 Å². The summed E-state index contributed by atoms with van der Waals surface area (Å²) in [5.41, 5.74) is 6.07. The number of hydrogen-bond donors (Lipinski definition) is 3. The highest BCUT2D eigenvalue weighted by atomic mass is 16.5. The van der Waals surface area contributed by atoms with E-state index in [9.17, 15) is 19.5 Å². The Balaban J connectivity index is 2.99. The van der Waals surface area contributed by atoms with Crippen LogP contribution >= 0.6 is 0 Å². The molecule has 1 aliphatic carbocycles. The number of primary amides is 1. The van der Waals surface area contributed by atoms with Crippen molar-refractivity contribution in [3.05, 3.63) is 23.5 Å². The Bertz CT molecular complexity index is 923. The highest BCUT2D eigenvalue weighted by Gasteiger charge is 2.34. The molecule has 1 rings (SSSR count). The number of hydrogen-bond acceptors (Lipinski definition) is 6. The molecule has 42 heavy (non-hydrogen) atoms. The third kappa shape index (κ3) is 13.0. The van der Waals surface area contributed by atoms with Gasteiger partial charge in [-0.1, -0.05) is 47.6 Å². The van der Waals surface area contributed by atoms with Gasteiger partial charge in [-0.15, -0.1) is 0 Å². The number of ketones is 1. The average molecular weight is 593 g/mol. The van der Waals surface area contributed by atoms with Crippen LogP contribution in [0.4, 0.5) is 0 Å². The average Bonchev–Trinajstić information content (AvgIpc) is 2.91. The van der Waals surface area contributed by atoms with Crippen LogP contribution in [-0.4, -0.2) is 55.7 Å². The minimum Gasteiger partial charge on any atom is -0.497 e. The van der Waals surface area contributed by atoms with Gasteiger partial charge in [0.05, 0.1) is 19.3 Å². The Morgan fingerprint density at radius 2 is 1.76 bits per heavy atom. The number of nitrogens with two attached hydrogens (primary N) is 1. The number of rotatable bonds is 21. The molecule has 0 radical (unpaired) electrons.